The molecule has 12 heteroatoms. The van der Waals surface area contributed by atoms with Crippen molar-refractivity contribution >= 4 is 46.8 Å². The minimum absolute atomic E-state index is 0.0480. The van der Waals surface area contributed by atoms with Gasteiger partial charge >= 0.3 is 11.9 Å². The van der Waals surface area contributed by atoms with Crippen molar-refractivity contribution in [2.24, 2.45) is 0 Å². The number of carboxylic acid groups (broad SMARTS) is 2. The van der Waals surface area contributed by atoms with Gasteiger partial charge in [-0.15, -0.1) is 0 Å². The molecule has 188 valence electrons. The highest BCUT2D eigenvalue weighted by atomic mass is 16.6. The van der Waals surface area contributed by atoms with E-state index in [1.807, 2.05) is 9.80 Å². The predicted molar refractivity (Wildman–Crippen MR) is 133 cm³/mol. The van der Waals surface area contributed by atoms with Crippen LogP contribution in [0.2, 0.25) is 0 Å². The zero-order chi connectivity index (χ0) is 26.6. The first-order chi connectivity index (χ1) is 17.0. The Balaban J connectivity index is 1.83. The Morgan fingerprint density at radius 1 is 0.750 bits per heavy atom. The third kappa shape index (κ3) is 5.84. The maximum absolute atomic E-state index is 11.7. The van der Waals surface area contributed by atoms with E-state index in [2.05, 4.69) is 0 Å². The van der Waals surface area contributed by atoms with Crippen LogP contribution in [-0.4, -0.2) is 58.2 Å². The number of aliphatic carboxylic acids is 2. The molecule has 0 amide bonds. The van der Waals surface area contributed by atoms with E-state index in [1.54, 1.807) is 24.3 Å². The number of anilines is 2. The van der Waals surface area contributed by atoms with Crippen molar-refractivity contribution in [1.82, 2.24) is 0 Å². The lowest BCUT2D eigenvalue weighted by atomic mass is 10.1. The Kier molecular flexibility index (Phi) is 7.67. The number of carboxylic acids is 2. The summed E-state index contributed by atoms with van der Waals surface area (Å²) in [7, 11) is 0. The van der Waals surface area contributed by atoms with E-state index in [0.717, 1.165) is 0 Å². The lowest BCUT2D eigenvalue weighted by molar-refractivity contribution is -0.384. The number of rotatable bonds is 8. The predicted octanol–water partition coefficient (Wildman–Crippen LogP) is 3.81. The van der Waals surface area contributed by atoms with E-state index in [0.29, 0.717) is 48.7 Å². The summed E-state index contributed by atoms with van der Waals surface area (Å²) in [4.78, 5) is 48.1. The van der Waals surface area contributed by atoms with Gasteiger partial charge in [-0.1, -0.05) is 12.1 Å². The first-order valence-electron chi connectivity index (χ1n) is 10.9. The van der Waals surface area contributed by atoms with Gasteiger partial charge in [0, 0.05) is 49.5 Å². The van der Waals surface area contributed by atoms with E-state index >= 15 is 0 Å². The van der Waals surface area contributed by atoms with Crippen molar-refractivity contribution in [3.05, 3.63) is 78.9 Å². The summed E-state index contributed by atoms with van der Waals surface area (Å²) in [5.41, 5.74) is 1.32. The molecule has 2 aromatic rings. The second kappa shape index (κ2) is 10.7. The summed E-state index contributed by atoms with van der Waals surface area (Å²) in [5.74, 6) is -2.24. The number of hydrogen-bond acceptors (Lipinski definition) is 8. The van der Waals surface area contributed by atoms with E-state index in [-0.39, 0.29) is 22.5 Å². The van der Waals surface area contributed by atoms with Gasteiger partial charge < -0.3 is 20.0 Å². The van der Waals surface area contributed by atoms with Crippen molar-refractivity contribution in [2.75, 3.05) is 36.0 Å². The zero-order valence-corrected chi connectivity index (χ0v) is 19.6. The molecule has 2 N–H and O–H groups in total. The molecular weight excluding hydrogens is 472 g/mol. The summed E-state index contributed by atoms with van der Waals surface area (Å²) in [6, 6.07) is 9.01. The van der Waals surface area contributed by atoms with Crippen LogP contribution >= 0.6 is 0 Å². The molecule has 0 radical (unpaired) electrons. The van der Waals surface area contributed by atoms with Crippen molar-refractivity contribution in [3.8, 4) is 0 Å². The maximum atomic E-state index is 11.7. The summed E-state index contributed by atoms with van der Waals surface area (Å²) >= 11 is 0. The third-order valence-corrected chi connectivity index (χ3v) is 5.79. The molecule has 0 aromatic heterocycles. The smallest absolute Gasteiger partial charge is 0.331 e. The Bertz CT molecular complexity index is 1190. The molecule has 3 rings (SSSR count). The Labute approximate surface area is 205 Å². The molecule has 0 spiro atoms. The van der Waals surface area contributed by atoms with Gasteiger partial charge in [0.15, 0.2) is 0 Å². The number of nitro benzene ring substituents is 2. The minimum Gasteiger partial charge on any atom is -0.478 e. The molecule has 1 saturated heterocycles. The largest absolute Gasteiger partial charge is 0.478 e. The molecule has 36 heavy (non-hydrogen) atoms. The Morgan fingerprint density at radius 2 is 1.08 bits per heavy atom. The van der Waals surface area contributed by atoms with Crippen LogP contribution in [-0.2, 0) is 9.59 Å². The molecule has 0 bridgehead atoms. The summed E-state index contributed by atoms with van der Waals surface area (Å²) in [6.45, 7) is 4.25. The van der Waals surface area contributed by atoms with Gasteiger partial charge in [0.05, 0.1) is 9.85 Å². The fourth-order valence-corrected chi connectivity index (χ4v) is 3.90. The number of hydrogen-bond donors (Lipinski definition) is 2. The minimum atomic E-state index is -1.12. The second-order valence-corrected chi connectivity index (χ2v) is 8.25. The molecule has 0 aliphatic carbocycles. The average molecular weight is 496 g/mol. The van der Waals surface area contributed by atoms with E-state index < -0.39 is 21.8 Å². The normalized spacial score (nSPS) is 14.5. The fourth-order valence-electron chi connectivity index (χ4n) is 3.90. The number of piperazine rings is 1. The van der Waals surface area contributed by atoms with Gasteiger partial charge in [0.1, 0.15) is 11.4 Å². The molecule has 0 unspecified atom stereocenters. The van der Waals surface area contributed by atoms with Gasteiger partial charge in [-0.3, -0.25) is 20.2 Å². The highest BCUT2D eigenvalue weighted by Gasteiger charge is 2.27. The van der Waals surface area contributed by atoms with Crippen molar-refractivity contribution in [1.29, 1.82) is 0 Å². The highest BCUT2D eigenvalue weighted by Crippen LogP contribution is 2.34. The van der Waals surface area contributed by atoms with Crippen LogP contribution in [0.3, 0.4) is 0 Å². The van der Waals surface area contributed by atoms with Crippen LogP contribution in [0.5, 0.6) is 0 Å². The van der Waals surface area contributed by atoms with Crippen molar-refractivity contribution in [3.63, 3.8) is 0 Å². The molecule has 1 fully saturated rings. The SMILES string of the molecule is C/C(=C\c1ccc(N2CCN(c3ccc(/C=C(\C)C(=O)O)cc3[N+](=O)[O-])CC2)c([N+](=O)[O-])c1)C(=O)O. The number of nitro groups is 2. The zero-order valence-electron chi connectivity index (χ0n) is 19.6. The van der Waals surface area contributed by atoms with Crippen LogP contribution in [0, 0.1) is 20.2 Å². The van der Waals surface area contributed by atoms with Crippen molar-refractivity contribution in [2.45, 2.75) is 13.8 Å². The van der Waals surface area contributed by atoms with Gasteiger partial charge in [-0.05, 0) is 49.3 Å². The first-order valence-corrected chi connectivity index (χ1v) is 10.9. The molecule has 0 atom stereocenters. The molecule has 1 heterocycles. The lowest BCUT2D eigenvalue weighted by Gasteiger charge is -2.36. The summed E-state index contributed by atoms with van der Waals surface area (Å²) in [5, 5.41) is 41.5. The maximum Gasteiger partial charge on any atom is 0.331 e. The number of carbonyl (C=O) groups is 2. The third-order valence-electron chi connectivity index (χ3n) is 5.79. The van der Waals surface area contributed by atoms with Crippen LogP contribution in [0.25, 0.3) is 12.2 Å². The monoisotopic (exact) mass is 496 g/mol. The summed E-state index contributed by atoms with van der Waals surface area (Å²) < 4.78 is 0. The van der Waals surface area contributed by atoms with Gasteiger partial charge in [-0.25, -0.2) is 9.59 Å². The van der Waals surface area contributed by atoms with Crippen LogP contribution in [0.15, 0.2) is 47.5 Å². The van der Waals surface area contributed by atoms with E-state index in [4.69, 9.17) is 10.2 Å². The number of benzene rings is 2. The first kappa shape index (κ1) is 25.9. The van der Waals surface area contributed by atoms with Gasteiger partial charge in [0.25, 0.3) is 11.4 Å². The van der Waals surface area contributed by atoms with Gasteiger partial charge in [-0.2, -0.15) is 0 Å². The number of nitrogens with zero attached hydrogens (tertiary/aromatic N) is 4. The van der Waals surface area contributed by atoms with Gasteiger partial charge in [0.2, 0.25) is 0 Å². The van der Waals surface area contributed by atoms with Crippen LogP contribution in [0.4, 0.5) is 22.7 Å². The van der Waals surface area contributed by atoms with E-state index in [1.165, 1.54) is 38.1 Å². The molecule has 1 aliphatic heterocycles. The second-order valence-electron chi connectivity index (χ2n) is 8.25. The standard InChI is InChI=1S/C24H24N4O8/c1-15(23(29)30)11-17-3-5-19(21(13-17)27(33)34)25-7-9-26(10-8-25)20-6-4-18(12-16(2)24(31)32)14-22(20)28(35)36/h3-6,11-14H,7-10H2,1-2H3,(H,29,30)(H,31,32)/b15-11+,16-12+. The molecular formula is C24H24N4O8. The Hall–Kier alpha value is -4.74. The fraction of sp³-hybridized carbons (Fsp3) is 0.250. The molecule has 12 nitrogen and oxygen atoms in total. The highest BCUT2D eigenvalue weighted by molar-refractivity contribution is 5.92. The van der Waals surface area contributed by atoms with Crippen molar-refractivity contribution < 1.29 is 29.6 Å². The average Bonchev–Trinajstić information content (AvgIpc) is 2.83. The topological polar surface area (TPSA) is 167 Å². The summed E-state index contributed by atoms with van der Waals surface area (Å²) in [6.07, 6.45) is 2.71. The lowest BCUT2D eigenvalue weighted by Crippen LogP contribution is -2.46. The van der Waals surface area contributed by atoms with Crippen LogP contribution < -0.4 is 9.80 Å². The quantitative estimate of drug-likeness (QED) is 0.311. The molecule has 0 saturated carbocycles. The van der Waals surface area contributed by atoms with Crippen LogP contribution in [0.1, 0.15) is 25.0 Å². The Morgan fingerprint density at radius 3 is 1.36 bits per heavy atom. The molecule has 2 aromatic carbocycles. The molecule has 1 aliphatic rings. The van der Waals surface area contributed by atoms with E-state index in [9.17, 15) is 29.8 Å².